The summed E-state index contributed by atoms with van der Waals surface area (Å²) in [7, 11) is 0. The van der Waals surface area contributed by atoms with E-state index in [1.165, 1.54) is 0 Å². The van der Waals surface area contributed by atoms with Gasteiger partial charge in [-0.05, 0) is 45.3 Å². The van der Waals surface area contributed by atoms with Crippen LogP contribution < -0.4 is 0 Å². The summed E-state index contributed by atoms with van der Waals surface area (Å²) in [6.45, 7) is 2.72. The highest BCUT2D eigenvalue weighted by molar-refractivity contribution is 9.10. The Morgan fingerprint density at radius 1 is 1.12 bits per heavy atom. The number of aromatic nitrogens is 6. The van der Waals surface area contributed by atoms with Crippen molar-refractivity contribution < 1.29 is 4.42 Å². The number of benzene rings is 2. The van der Waals surface area contributed by atoms with E-state index in [1.807, 2.05) is 41.0 Å². The third-order valence-corrected chi connectivity index (χ3v) is 7.02. The van der Waals surface area contributed by atoms with Gasteiger partial charge in [-0.25, -0.2) is 4.98 Å². The number of aryl methyl sites for hydroxylation is 1. The number of nitrogens with one attached hydrogen (secondary N) is 1. The Morgan fingerprint density at radius 2 is 1.94 bits per heavy atom. The van der Waals surface area contributed by atoms with Crippen LogP contribution >= 0.6 is 39.1 Å². The largest absolute Gasteiger partial charge is 0.455 e. The summed E-state index contributed by atoms with van der Waals surface area (Å²) in [5.74, 6) is 2.10. The molecule has 5 rings (SSSR count). The molecule has 3 aromatic heterocycles. The number of aromatic amines is 1. The second kappa shape index (κ2) is 9.29. The van der Waals surface area contributed by atoms with Crippen molar-refractivity contribution >= 4 is 50.1 Å². The van der Waals surface area contributed by atoms with Crippen molar-refractivity contribution in [3.63, 3.8) is 0 Å². The lowest BCUT2D eigenvalue weighted by molar-refractivity contribution is 0.629. The van der Waals surface area contributed by atoms with E-state index in [9.17, 15) is 0 Å². The molecule has 0 aliphatic heterocycles. The maximum absolute atomic E-state index is 6.46. The van der Waals surface area contributed by atoms with Crippen LogP contribution in [-0.4, -0.2) is 30.2 Å². The van der Waals surface area contributed by atoms with E-state index >= 15 is 0 Å². The van der Waals surface area contributed by atoms with Gasteiger partial charge in [0, 0.05) is 22.9 Å². The van der Waals surface area contributed by atoms with E-state index in [0.717, 1.165) is 57.2 Å². The Hall–Kier alpha value is -2.68. The lowest BCUT2D eigenvalue weighted by Crippen LogP contribution is -2.05. The molecule has 0 bridgehead atoms. The highest BCUT2D eigenvalue weighted by Crippen LogP contribution is 2.41. The van der Waals surface area contributed by atoms with Crippen LogP contribution in [0, 0.1) is 0 Å². The minimum atomic E-state index is 0.341. The number of H-pyrrole nitrogens is 1. The quantitative estimate of drug-likeness (QED) is 0.239. The maximum Gasteiger partial charge on any atom is 0.205 e. The van der Waals surface area contributed by atoms with Gasteiger partial charge in [0.05, 0.1) is 11.0 Å². The van der Waals surface area contributed by atoms with Gasteiger partial charge in [-0.1, -0.05) is 66.9 Å². The number of fused-ring (bicyclic) bond motifs is 1. The Bertz CT molecular complexity index is 1430. The van der Waals surface area contributed by atoms with Gasteiger partial charge in [0.2, 0.25) is 5.82 Å². The van der Waals surface area contributed by atoms with Crippen LogP contribution in [0.1, 0.15) is 31.2 Å². The van der Waals surface area contributed by atoms with Gasteiger partial charge in [0.1, 0.15) is 22.3 Å². The molecule has 0 amide bonds. The third-order valence-electron chi connectivity index (χ3n) is 5.49. The van der Waals surface area contributed by atoms with Gasteiger partial charge in [0.25, 0.3) is 0 Å². The fraction of sp³-hybridized carbons (Fsp3) is 0.217. The summed E-state index contributed by atoms with van der Waals surface area (Å²) in [6.07, 6.45) is 2.93. The van der Waals surface area contributed by atoms with Crippen LogP contribution in [0.2, 0.25) is 10.3 Å². The fourth-order valence-corrected chi connectivity index (χ4v) is 4.86. The number of nitrogens with zero attached hydrogens (tertiary/aromatic N) is 5. The molecule has 0 aliphatic rings. The predicted molar refractivity (Wildman–Crippen MR) is 132 cm³/mol. The minimum Gasteiger partial charge on any atom is -0.455 e. The minimum absolute atomic E-state index is 0.341. The normalized spacial score (nSPS) is 11.5. The molecule has 0 fully saturated rings. The molecule has 0 spiro atoms. The average Bonchev–Trinajstić information content (AvgIpc) is 3.54. The molecule has 0 saturated heterocycles. The number of imidazole rings is 1. The SMILES string of the molecule is CCCCc1nc(Cl)c(Cl)n1Cc1ccc2oc(-c3ccccc3-c3nn[nH]n3)c(Br)c2c1. The molecule has 0 saturated carbocycles. The first-order valence-electron chi connectivity index (χ1n) is 10.5. The van der Waals surface area contributed by atoms with E-state index in [-0.39, 0.29) is 0 Å². The van der Waals surface area contributed by atoms with Crippen LogP contribution in [0.25, 0.3) is 33.7 Å². The van der Waals surface area contributed by atoms with Crippen LogP contribution in [0.15, 0.2) is 51.4 Å². The molecule has 5 aromatic rings. The van der Waals surface area contributed by atoms with Gasteiger partial charge in [-0.15, -0.1) is 10.2 Å². The third kappa shape index (κ3) is 4.18. The molecular formula is C23H19BrCl2N6O. The van der Waals surface area contributed by atoms with Gasteiger partial charge in [-0.3, -0.25) is 0 Å². The van der Waals surface area contributed by atoms with Crippen molar-refractivity contribution in [3.05, 3.63) is 68.6 Å². The molecule has 33 heavy (non-hydrogen) atoms. The number of furan rings is 1. The van der Waals surface area contributed by atoms with E-state index in [2.05, 4.69) is 54.5 Å². The molecule has 3 heterocycles. The first-order chi connectivity index (χ1) is 16.1. The molecule has 7 nitrogen and oxygen atoms in total. The number of rotatable bonds is 7. The average molecular weight is 546 g/mol. The Morgan fingerprint density at radius 3 is 2.70 bits per heavy atom. The van der Waals surface area contributed by atoms with E-state index in [0.29, 0.717) is 28.4 Å². The summed E-state index contributed by atoms with van der Waals surface area (Å²) in [4.78, 5) is 4.45. The van der Waals surface area contributed by atoms with Crippen molar-refractivity contribution in [2.24, 2.45) is 0 Å². The van der Waals surface area contributed by atoms with E-state index in [4.69, 9.17) is 27.6 Å². The van der Waals surface area contributed by atoms with Crippen molar-refractivity contribution in [2.75, 3.05) is 0 Å². The zero-order valence-electron chi connectivity index (χ0n) is 17.6. The molecule has 0 aliphatic carbocycles. The Kier molecular flexibility index (Phi) is 6.23. The monoisotopic (exact) mass is 544 g/mol. The lowest BCUT2D eigenvalue weighted by atomic mass is 10.0. The molecule has 0 atom stereocenters. The number of hydrogen-bond acceptors (Lipinski definition) is 5. The van der Waals surface area contributed by atoms with Crippen LogP contribution in [0.5, 0.6) is 0 Å². The number of tetrazole rings is 1. The highest BCUT2D eigenvalue weighted by Gasteiger charge is 2.20. The summed E-state index contributed by atoms with van der Waals surface area (Å²) in [6, 6.07) is 13.9. The molecular weight excluding hydrogens is 527 g/mol. The fourth-order valence-electron chi connectivity index (χ4n) is 3.85. The smallest absolute Gasteiger partial charge is 0.205 e. The molecule has 2 aromatic carbocycles. The Balaban J connectivity index is 1.54. The second-order valence-corrected chi connectivity index (χ2v) is 9.17. The number of halogens is 3. The molecule has 0 radical (unpaired) electrons. The summed E-state index contributed by atoms with van der Waals surface area (Å²) >= 11 is 16.4. The van der Waals surface area contributed by atoms with Crippen LogP contribution in [0.4, 0.5) is 0 Å². The summed E-state index contributed by atoms with van der Waals surface area (Å²) in [5.41, 5.74) is 3.53. The predicted octanol–water partition coefficient (Wildman–Crippen LogP) is 6.94. The van der Waals surface area contributed by atoms with Gasteiger partial charge in [0.15, 0.2) is 5.15 Å². The van der Waals surface area contributed by atoms with Crippen LogP contribution in [0.3, 0.4) is 0 Å². The standard InChI is InChI=1S/C23H19BrCl2N6O/c1-2-3-8-18-27-21(25)22(26)32(18)12-13-9-10-17-16(11-13)19(24)20(33-17)14-6-4-5-7-15(14)23-28-30-31-29-23/h4-7,9-11H,2-3,8,12H2,1H3,(H,28,29,30,31). The van der Waals surface area contributed by atoms with Gasteiger partial charge < -0.3 is 8.98 Å². The molecule has 168 valence electrons. The first kappa shape index (κ1) is 22.1. The molecule has 10 heteroatoms. The van der Waals surface area contributed by atoms with E-state index < -0.39 is 0 Å². The number of hydrogen-bond donors (Lipinski definition) is 1. The second-order valence-electron chi connectivity index (χ2n) is 7.66. The lowest BCUT2D eigenvalue weighted by Gasteiger charge is -2.09. The summed E-state index contributed by atoms with van der Waals surface area (Å²) < 4.78 is 9.07. The topological polar surface area (TPSA) is 85.4 Å². The summed E-state index contributed by atoms with van der Waals surface area (Å²) in [5, 5.41) is 16.2. The zero-order chi connectivity index (χ0) is 22.9. The van der Waals surface area contributed by atoms with Crippen molar-refractivity contribution in [1.82, 2.24) is 30.2 Å². The van der Waals surface area contributed by atoms with Gasteiger partial charge in [-0.2, -0.15) is 5.21 Å². The van der Waals surface area contributed by atoms with Crippen LogP contribution in [-0.2, 0) is 13.0 Å². The molecule has 0 unspecified atom stereocenters. The zero-order valence-corrected chi connectivity index (χ0v) is 20.7. The first-order valence-corrected chi connectivity index (χ1v) is 12.1. The number of unbranched alkanes of at least 4 members (excludes halogenated alkanes) is 1. The van der Waals surface area contributed by atoms with Crippen molar-refractivity contribution in [1.29, 1.82) is 0 Å². The van der Waals surface area contributed by atoms with Crippen molar-refractivity contribution in [3.8, 4) is 22.7 Å². The molecule has 1 N–H and O–H groups in total. The van der Waals surface area contributed by atoms with Crippen molar-refractivity contribution in [2.45, 2.75) is 32.7 Å². The maximum atomic E-state index is 6.46. The van der Waals surface area contributed by atoms with E-state index in [1.54, 1.807) is 0 Å². The Labute approximate surface area is 208 Å². The van der Waals surface area contributed by atoms with Gasteiger partial charge >= 0.3 is 0 Å². The highest BCUT2D eigenvalue weighted by atomic mass is 79.9.